The molecule has 0 saturated heterocycles. The number of carbonyl (C=O) groups excluding carboxylic acids is 2. The topological polar surface area (TPSA) is 86.8 Å². The van der Waals surface area contributed by atoms with Crippen LogP contribution in [0, 0.1) is 0 Å². The van der Waals surface area contributed by atoms with E-state index >= 15 is 0 Å². The van der Waals surface area contributed by atoms with Crippen LogP contribution in [0.5, 0.6) is 0 Å². The fourth-order valence-corrected chi connectivity index (χ4v) is 6.20. The number of sulfonamides is 1. The van der Waals surface area contributed by atoms with Gasteiger partial charge in [0.05, 0.1) is 15.6 Å². The Labute approximate surface area is 251 Å². The summed E-state index contributed by atoms with van der Waals surface area (Å²) in [4.78, 5) is 28.8. The van der Waals surface area contributed by atoms with Gasteiger partial charge in [0.15, 0.2) is 0 Å². The Morgan fingerprint density at radius 2 is 1.50 bits per heavy atom. The Hall–Kier alpha value is -2.78. The molecule has 3 aromatic rings. The Balaban J connectivity index is 2.07. The van der Waals surface area contributed by atoms with Crippen LogP contribution in [0.15, 0.2) is 77.7 Å². The van der Waals surface area contributed by atoms with Crippen molar-refractivity contribution in [3.8, 4) is 0 Å². The monoisotopic (exact) mass is 623 g/mol. The van der Waals surface area contributed by atoms with Crippen LogP contribution in [-0.4, -0.2) is 43.8 Å². The van der Waals surface area contributed by atoms with E-state index in [1.807, 2.05) is 13.8 Å². The fraction of sp³-hybridized carbons (Fsp3) is 0.310. The van der Waals surface area contributed by atoms with Crippen LogP contribution in [0.3, 0.4) is 0 Å². The lowest BCUT2D eigenvalue weighted by molar-refractivity contribution is -0.140. The molecule has 0 radical (unpaired) electrons. The van der Waals surface area contributed by atoms with Gasteiger partial charge in [-0.15, -0.1) is 0 Å². The molecule has 214 valence electrons. The van der Waals surface area contributed by atoms with Gasteiger partial charge in [-0.05, 0) is 67.8 Å². The molecule has 0 aromatic heterocycles. The average molecular weight is 625 g/mol. The third kappa shape index (κ3) is 7.91. The van der Waals surface area contributed by atoms with Crippen LogP contribution < -0.4 is 9.62 Å². The van der Waals surface area contributed by atoms with Crippen molar-refractivity contribution in [2.75, 3.05) is 10.8 Å². The number of anilines is 1. The van der Waals surface area contributed by atoms with Crippen molar-refractivity contribution in [3.63, 3.8) is 0 Å². The zero-order chi connectivity index (χ0) is 29.4. The van der Waals surface area contributed by atoms with Crippen LogP contribution >= 0.6 is 34.8 Å². The van der Waals surface area contributed by atoms with Gasteiger partial charge in [0.1, 0.15) is 12.6 Å². The largest absolute Gasteiger partial charge is 0.352 e. The Morgan fingerprint density at radius 3 is 2.08 bits per heavy atom. The molecule has 0 aliphatic heterocycles. The zero-order valence-corrected chi connectivity index (χ0v) is 25.6. The summed E-state index contributed by atoms with van der Waals surface area (Å²) in [5.41, 5.74) is 0.821. The number of halogens is 3. The number of hydrogen-bond donors (Lipinski definition) is 1. The number of nitrogens with one attached hydrogen (secondary N) is 1. The lowest BCUT2D eigenvalue weighted by Gasteiger charge is -2.34. The van der Waals surface area contributed by atoms with Gasteiger partial charge >= 0.3 is 0 Å². The quantitative estimate of drug-likeness (QED) is 0.247. The third-order valence-corrected chi connectivity index (χ3v) is 9.01. The van der Waals surface area contributed by atoms with E-state index in [2.05, 4.69) is 5.32 Å². The van der Waals surface area contributed by atoms with E-state index < -0.39 is 28.5 Å². The van der Waals surface area contributed by atoms with Crippen LogP contribution in [0.4, 0.5) is 5.69 Å². The predicted octanol–water partition coefficient (Wildman–Crippen LogP) is 6.56. The Kier molecular flexibility index (Phi) is 11.3. The minimum atomic E-state index is -4.23. The molecule has 0 bridgehead atoms. The molecule has 11 heteroatoms. The first-order valence-electron chi connectivity index (χ1n) is 12.8. The van der Waals surface area contributed by atoms with Gasteiger partial charge < -0.3 is 10.2 Å². The van der Waals surface area contributed by atoms with Crippen molar-refractivity contribution in [1.29, 1.82) is 0 Å². The van der Waals surface area contributed by atoms with Gasteiger partial charge in [-0.1, -0.05) is 79.0 Å². The number of carbonyl (C=O) groups is 2. The second kappa shape index (κ2) is 14.2. The van der Waals surface area contributed by atoms with Gasteiger partial charge in [0.25, 0.3) is 10.0 Å². The van der Waals surface area contributed by atoms with Gasteiger partial charge in [-0.3, -0.25) is 13.9 Å². The van der Waals surface area contributed by atoms with Gasteiger partial charge in [-0.25, -0.2) is 8.42 Å². The van der Waals surface area contributed by atoms with Gasteiger partial charge in [-0.2, -0.15) is 0 Å². The SMILES string of the molecule is CC[C@H](C(=O)N[C@@H](C)CC)N(Cc1ccc(Cl)cc1)C(=O)CN(c1ccc(Cl)cc1Cl)S(=O)(=O)c1ccccc1. The summed E-state index contributed by atoms with van der Waals surface area (Å²) in [6.45, 7) is 5.10. The smallest absolute Gasteiger partial charge is 0.264 e. The van der Waals surface area contributed by atoms with Crippen molar-refractivity contribution in [3.05, 3.63) is 93.4 Å². The molecule has 2 amide bonds. The summed E-state index contributed by atoms with van der Waals surface area (Å²) in [5.74, 6) is -0.896. The number of hydrogen-bond acceptors (Lipinski definition) is 4. The lowest BCUT2D eigenvalue weighted by Crippen LogP contribution is -2.53. The van der Waals surface area contributed by atoms with E-state index in [0.29, 0.717) is 22.9 Å². The minimum Gasteiger partial charge on any atom is -0.352 e. The molecule has 40 heavy (non-hydrogen) atoms. The number of rotatable bonds is 12. The molecule has 0 aliphatic rings. The maximum Gasteiger partial charge on any atom is 0.264 e. The van der Waals surface area contributed by atoms with Crippen LogP contribution in [-0.2, 0) is 26.2 Å². The van der Waals surface area contributed by atoms with E-state index in [1.54, 1.807) is 49.4 Å². The molecule has 3 rings (SSSR count). The Morgan fingerprint density at radius 1 is 0.875 bits per heavy atom. The maximum absolute atomic E-state index is 14.1. The van der Waals surface area contributed by atoms with Crippen LogP contribution in [0.2, 0.25) is 15.1 Å². The summed E-state index contributed by atoms with van der Waals surface area (Å²) in [6, 6.07) is 18.1. The molecule has 0 aliphatic carbocycles. The normalized spacial score (nSPS) is 12.8. The third-order valence-electron chi connectivity index (χ3n) is 6.44. The highest BCUT2D eigenvalue weighted by Crippen LogP contribution is 2.33. The molecule has 7 nitrogen and oxygen atoms in total. The van der Waals surface area contributed by atoms with Crippen LogP contribution in [0.1, 0.15) is 39.2 Å². The van der Waals surface area contributed by atoms with Crippen LogP contribution in [0.25, 0.3) is 0 Å². The molecule has 0 spiro atoms. The summed E-state index contributed by atoms with van der Waals surface area (Å²) in [5, 5.41) is 3.85. The first kappa shape index (κ1) is 31.7. The first-order valence-corrected chi connectivity index (χ1v) is 15.4. The zero-order valence-electron chi connectivity index (χ0n) is 22.5. The number of nitrogens with zero attached hydrogens (tertiary/aromatic N) is 2. The van der Waals surface area contributed by atoms with E-state index in [-0.39, 0.29) is 34.1 Å². The standard InChI is InChI=1S/C29H32Cl3N3O4S/c1-4-20(3)33-29(37)26(5-2)34(18-21-11-13-22(30)14-12-21)28(36)19-35(27-16-15-23(31)17-25(27)32)40(38,39)24-9-7-6-8-10-24/h6-17,20,26H,4-5,18-19H2,1-3H3,(H,33,37)/t20-,26+/m0/s1. The minimum absolute atomic E-state index is 0.0142. The molecular weight excluding hydrogens is 593 g/mol. The average Bonchev–Trinajstić information content (AvgIpc) is 2.93. The highest BCUT2D eigenvalue weighted by molar-refractivity contribution is 7.92. The van der Waals surface area contributed by atoms with Crippen molar-refractivity contribution in [2.45, 2.75) is 57.1 Å². The highest BCUT2D eigenvalue weighted by atomic mass is 35.5. The van der Waals surface area contributed by atoms with Crippen molar-refractivity contribution in [2.24, 2.45) is 0 Å². The Bertz CT molecular complexity index is 1420. The second-order valence-electron chi connectivity index (χ2n) is 9.31. The molecule has 0 fully saturated rings. The number of benzene rings is 3. The highest BCUT2D eigenvalue weighted by Gasteiger charge is 2.34. The second-order valence-corrected chi connectivity index (χ2v) is 12.5. The molecule has 0 unspecified atom stereocenters. The molecule has 3 aromatic carbocycles. The molecule has 2 atom stereocenters. The van der Waals surface area contributed by atoms with E-state index in [9.17, 15) is 18.0 Å². The van der Waals surface area contributed by atoms with Crippen molar-refractivity contribution >= 4 is 62.3 Å². The van der Waals surface area contributed by atoms with Gasteiger partial charge in [0.2, 0.25) is 11.8 Å². The number of amides is 2. The molecule has 1 N–H and O–H groups in total. The van der Waals surface area contributed by atoms with E-state index in [4.69, 9.17) is 34.8 Å². The first-order chi connectivity index (χ1) is 19.0. The molecule has 0 heterocycles. The van der Waals surface area contributed by atoms with E-state index in [1.165, 1.54) is 35.2 Å². The summed E-state index contributed by atoms with van der Waals surface area (Å²) < 4.78 is 28.7. The summed E-state index contributed by atoms with van der Waals surface area (Å²) in [6.07, 6.45) is 1.03. The van der Waals surface area contributed by atoms with Crippen molar-refractivity contribution < 1.29 is 18.0 Å². The molecular formula is C29H32Cl3N3O4S. The summed E-state index contributed by atoms with van der Waals surface area (Å²) in [7, 11) is -4.23. The van der Waals surface area contributed by atoms with Gasteiger partial charge in [0, 0.05) is 22.6 Å². The maximum atomic E-state index is 14.1. The lowest BCUT2D eigenvalue weighted by atomic mass is 10.1. The van der Waals surface area contributed by atoms with E-state index in [0.717, 1.165) is 9.87 Å². The summed E-state index contributed by atoms with van der Waals surface area (Å²) >= 11 is 18.6. The molecule has 0 saturated carbocycles. The predicted molar refractivity (Wildman–Crippen MR) is 161 cm³/mol. The van der Waals surface area contributed by atoms with Crippen molar-refractivity contribution in [1.82, 2.24) is 10.2 Å². The fourth-order valence-electron chi connectivity index (χ4n) is 4.06.